The summed E-state index contributed by atoms with van der Waals surface area (Å²) >= 11 is 0. The summed E-state index contributed by atoms with van der Waals surface area (Å²) in [7, 11) is 0. The van der Waals surface area contributed by atoms with Crippen LogP contribution in [0.25, 0.3) is 5.57 Å². The van der Waals surface area contributed by atoms with E-state index in [9.17, 15) is 9.90 Å². The van der Waals surface area contributed by atoms with Gasteiger partial charge in [-0.1, -0.05) is 59.2 Å². The largest absolute Gasteiger partial charge is 0.478 e. The van der Waals surface area contributed by atoms with Crippen LogP contribution in [0.1, 0.15) is 115 Å². The molecule has 5 aliphatic rings. The van der Waals surface area contributed by atoms with Crippen molar-refractivity contribution in [3.63, 3.8) is 0 Å². The standard InChI is InChI=1S/C34H49NO2/c1-6-35-34-18-7-8-27(34)24-13-14-29-32(4,26(24)16-21-34)20-17-28-31(2,3)25(15-19-33(28,29)5)22-9-11-23(12-10-22)30(36)37/h9-12,15,24,26-29,35H,6-8,13-14,16-21H2,1-5H3,(H,36,37). The first kappa shape index (κ1) is 25.7. The summed E-state index contributed by atoms with van der Waals surface area (Å²) in [6, 6.07) is 7.64. The lowest BCUT2D eigenvalue weighted by atomic mass is 9.37. The topological polar surface area (TPSA) is 49.3 Å². The van der Waals surface area contributed by atoms with E-state index in [0.717, 1.165) is 30.2 Å². The minimum Gasteiger partial charge on any atom is -0.478 e. The fourth-order valence-corrected chi connectivity index (χ4v) is 11.8. The molecule has 1 aromatic carbocycles. The van der Waals surface area contributed by atoms with E-state index in [-0.39, 0.29) is 5.41 Å². The van der Waals surface area contributed by atoms with Gasteiger partial charge in [0.05, 0.1) is 5.56 Å². The molecule has 4 fully saturated rings. The molecule has 202 valence electrons. The molecule has 8 unspecified atom stereocenters. The van der Waals surface area contributed by atoms with Crippen LogP contribution in [0, 0.1) is 45.8 Å². The molecule has 0 aromatic heterocycles. The average molecular weight is 504 g/mol. The van der Waals surface area contributed by atoms with Crippen molar-refractivity contribution in [1.29, 1.82) is 0 Å². The summed E-state index contributed by atoms with van der Waals surface area (Å²) in [6.45, 7) is 13.8. The zero-order valence-corrected chi connectivity index (χ0v) is 23.9. The second kappa shape index (κ2) is 8.70. The lowest BCUT2D eigenvalue weighted by molar-refractivity contribution is -0.172. The van der Waals surface area contributed by atoms with Gasteiger partial charge in [-0.3, -0.25) is 0 Å². The number of allylic oxidation sites excluding steroid dienone is 2. The highest BCUT2D eigenvalue weighted by atomic mass is 16.4. The number of fused-ring (bicyclic) bond motifs is 7. The summed E-state index contributed by atoms with van der Waals surface area (Å²) in [4.78, 5) is 11.4. The minimum atomic E-state index is -0.846. The maximum atomic E-state index is 11.4. The Morgan fingerprint density at radius 3 is 2.35 bits per heavy atom. The van der Waals surface area contributed by atoms with Crippen LogP contribution in [0.5, 0.6) is 0 Å². The van der Waals surface area contributed by atoms with Crippen molar-refractivity contribution >= 4 is 11.5 Å². The minimum absolute atomic E-state index is 0.0914. The normalized spacial score (nSPS) is 44.1. The number of rotatable bonds is 4. The Labute approximate surface area is 224 Å². The lowest BCUT2D eigenvalue weighted by Crippen LogP contribution is -2.63. The first-order chi connectivity index (χ1) is 17.6. The van der Waals surface area contributed by atoms with E-state index in [4.69, 9.17) is 0 Å². The van der Waals surface area contributed by atoms with Crippen molar-refractivity contribution in [1.82, 2.24) is 5.32 Å². The molecule has 0 aliphatic heterocycles. The number of hydrogen-bond acceptors (Lipinski definition) is 2. The Balaban J connectivity index is 1.31. The third-order valence-corrected chi connectivity index (χ3v) is 13.1. The molecule has 3 nitrogen and oxygen atoms in total. The molecule has 0 bridgehead atoms. The van der Waals surface area contributed by atoms with Crippen LogP contribution in [-0.2, 0) is 0 Å². The van der Waals surface area contributed by atoms with Gasteiger partial charge in [-0.25, -0.2) is 4.79 Å². The van der Waals surface area contributed by atoms with Crippen molar-refractivity contribution in [3.05, 3.63) is 41.5 Å². The molecule has 8 atom stereocenters. The van der Waals surface area contributed by atoms with Crippen LogP contribution >= 0.6 is 0 Å². The summed E-state index contributed by atoms with van der Waals surface area (Å²) < 4.78 is 0. The zero-order valence-electron chi connectivity index (χ0n) is 23.9. The van der Waals surface area contributed by atoms with Crippen molar-refractivity contribution in [2.45, 2.75) is 104 Å². The van der Waals surface area contributed by atoms with E-state index in [1.165, 1.54) is 75.3 Å². The van der Waals surface area contributed by atoms with Crippen LogP contribution in [0.15, 0.2) is 30.3 Å². The molecular weight excluding hydrogens is 454 g/mol. The van der Waals surface area contributed by atoms with E-state index in [1.807, 2.05) is 12.1 Å². The van der Waals surface area contributed by atoms with E-state index >= 15 is 0 Å². The number of carboxylic acids is 1. The predicted molar refractivity (Wildman–Crippen MR) is 151 cm³/mol. The van der Waals surface area contributed by atoms with Gasteiger partial charge in [-0.15, -0.1) is 0 Å². The maximum absolute atomic E-state index is 11.4. The predicted octanol–water partition coefficient (Wildman–Crippen LogP) is 8.21. The Hall–Kier alpha value is -1.61. The van der Waals surface area contributed by atoms with Gasteiger partial charge in [0.1, 0.15) is 0 Å². The Bertz CT molecular complexity index is 1090. The Kier molecular flexibility index (Phi) is 6.03. The molecule has 0 heterocycles. The van der Waals surface area contributed by atoms with Gasteiger partial charge in [0.25, 0.3) is 0 Å². The quantitative estimate of drug-likeness (QED) is 0.435. The average Bonchev–Trinajstić information content (AvgIpc) is 3.28. The van der Waals surface area contributed by atoms with Crippen molar-refractivity contribution in [2.24, 2.45) is 45.8 Å². The van der Waals surface area contributed by atoms with Gasteiger partial charge in [-0.2, -0.15) is 0 Å². The smallest absolute Gasteiger partial charge is 0.335 e. The van der Waals surface area contributed by atoms with Crippen molar-refractivity contribution in [2.75, 3.05) is 6.54 Å². The van der Waals surface area contributed by atoms with Crippen molar-refractivity contribution in [3.8, 4) is 0 Å². The van der Waals surface area contributed by atoms with Gasteiger partial charge in [0.15, 0.2) is 0 Å². The molecule has 4 saturated carbocycles. The van der Waals surface area contributed by atoms with E-state index in [1.54, 1.807) is 12.1 Å². The number of benzene rings is 1. The molecule has 3 heteroatoms. The fraction of sp³-hybridized carbons (Fsp3) is 0.735. The van der Waals surface area contributed by atoms with E-state index in [2.05, 4.69) is 46.0 Å². The number of carbonyl (C=O) groups is 1. The molecule has 0 spiro atoms. The highest BCUT2D eigenvalue weighted by Gasteiger charge is 2.65. The van der Waals surface area contributed by atoms with Crippen LogP contribution in [0.3, 0.4) is 0 Å². The highest BCUT2D eigenvalue weighted by Crippen LogP contribution is 2.72. The maximum Gasteiger partial charge on any atom is 0.335 e. The molecular formula is C34H49NO2. The first-order valence-electron chi connectivity index (χ1n) is 15.4. The summed E-state index contributed by atoms with van der Waals surface area (Å²) in [5, 5.41) is 13.4. The molecule has 0 amide bonds. The van der Waals surface area contributed by atoms with Gasteiger partial charge >= 0.3 is 5.97 Å². The Morgan fingerprint density at radius 1 is 0.892 bits per heavy atom. The SMILES string of the molecule is CCNC12CCCC1C1CCC3C(C)(CCC4C(C)(C)C(c5ccc(C(=O)O)cc5)=CCC43C)C1CC2. The van der Waals surface area contributed by atoms with E-state index < -0.39 is 5.97 Å². The van der Waals surface area contributed by atoms with E-state index in [0.29, 0.717) is 27.9 Å². The number of aromatic carboxylic acids is 1. The first-order valence-corrected chi connectivity index (χ1v) is 15.4. The van der Waals surface area contributed by atoms with Gasteiger partial charge < -0.3 is 10.4 Å². The fourth-order valence-electron chi connectivity index (χ4n) is 11.8. The molecule has 0 saturated heterocycles. The number of hydrogen-bond donors (Lipinski definition) is 2. The van der Waals surface area contributed by atoms with Crippen LogP contribution in [-0.4, -0.2) is 23.2 Å². The van der Waals surface area contributed by atoms with Crippen LogP contribution < -0.4 is 5.32 Å². The Morgan fingerprint density at radius 2 is 1.65 bits per heavy atom. The molecule has 6 rings (SSSR count). The third-order valence-electron chi connectivity index (χ3n) is 13.1. The van der Waals surface area contributed by atoms with Gasteiger partial charge in [0.2, 0.25) is 0 Å². The van der Waals surface area contributed by atoms with Crippen molar-refractivity contribution < 1.29 is 9.90 Å². The summed E-state index contributed by atoms with van der Waals surface area (Å²) in [6.07, 6.45) is 16.4. The molecule has 5 aliphatic carbocycles. The van der Waals surface area contributed by atoms with Crippen LogP contribution in [0.4, 0.5) is 0 Å². The van der Waals surface area contributed by atoms with Gasteiger partial charge in [0, 0.05) is 5.54 Å². The second-order valence-corrected chi connectivity index (χ2v) is 14.7. The summed E-state index contributed by atoms with van der Waals surface area (Å²) in [5.74, 6) is 3.35. The molecule has 2 N–H and O–H groups in total. The highest BCUT2D eigenvalue weighted by molar-refractivity contribution is 5.88. The summed E-state index contributed by atoms with van der Waals surface area (Å²) in [5.41, 5.74) is 4.37. The zero-order chi connectivity index (χ0) is 26.2. The lowest BCUT2D eigenvalue weighted by Gasteiger charge is -2.68. The third kappa shape index (κ3) is 3.58. The van der Waals surface area contributed by atoms with Gasteiger partial charge in [-0.05, 0) is 133 Å². The molecule has 37 heavy (non-hydrogen) atoms. The molecule has 1 aromatic rings. The number of carboxylic acid groups (broad SMARTS) is 1. The second-order valence-electron chi connectivity index (χ2n) is 14.7. The number of nitrogens with one attached hydrogen (secondary N) is 1. The van der Waals surface area contributed by atoms with Crippen LogP contribution in [0.2, 0.25) is 0 Å². The monoisotopic (exact) mass is 503 g/mol. The molecule has 0 radical (unpaired) electrons.